The van der Waals surface area contributed by atoms with Crippen LogP contribution < -0.4 is 10.1 Å². The van der Waals surface area contributed by atoms with Gasteiger partial charge in [-0.1, -0.05) is 0 Å². The fourth-order valence-corrected chi connectivity index (χ4v) is 4.04. The molecule has 9 heteroatoms. The maximum atomic E-state index is 12.6. The second kappa shape index (κ2) is 6.80. The Morgan fingerprint density at radius 3 is 2.67 bits per heavy atom. The molecular weight excluding hydrogens is 348 g/mol. The van der Waals surface area contributed by atoms with Crippen LogP contribution in [0, 0.1) is 13.8 Å². The van der Waals surface area contributed by atoms with Gasteiger partial charge in [-0.2, -0.15) is 4.98 Å². The molecule has 1 N–H and O–H groups in total. The molecule has 0 aromatic carbocycles. The molecule has 3 rings (SSSR count). The summed E-state index contributed by atoms with van der Waals surface area (Å²) in [5.74, 6) is 0.760. The Hall–Kier alpha value is -2.10. The van der Waals surface area contributed by atoms with Gasteiger partial charge in [0.05, 0.1) is 23.1 Å². The Balaban J connectivity index is 2.02. The molecule has 0 aliphatic carbocycles. The van der Waals surface area contributed by atoms with E-state index in [-0.39, 0.29) is 12.5 Å². The first-order valence-electron chi connectivity index (χ1n) is 7.10. The average Bonchev–Trinajstić information content (AvgIpc) is 3.10. The highest BCUT2D eigenvalue weighted by molar-refractivity contribution is 7.21. The fraction of sp³-hybridized carbons (Fsp3) is 0.333. The number of ether oxygens (including phenoxy) is 2. The topological polar surface area (TPSA) is 86.2 Å². The van der Waals surface area contributed by atoms with E-state index in [9.17, 15) is 4.79 Å². The summed E-state index contributed by atoms with van der Waals surface area (Å²) in [4.78, 5) is 26.9. The largest absolute Gasteiger partial charge is 0.480 e. The maximum Gasteiger partial charge on any atom is 0.267 e. The molecule has 3 heterocycles. The van der Waals surface area contributed by atoms with Gasteiger partial charge in [0, 0.05) is 12.5 Å². The summed E-state index contributed by atoms with van der Waals surface area (Å²) in [5, 5.41) is 6.04. The highest BCUT2D eigenvalue weighted by Crippen LogP contribution is 2.35. The zero-order valence-electron chi connectivity index (χ0n) is 13.7. The van der Waals surface area contributed by atoms with Crippen LogP contribution >= 0.6 is 22.7 Å². The van der Waals surface area contributed by atoms with Crippen molar-refractivity contribution >= 4 is 43.9 Å². The number of nitrogens with one attached hydrogen (secondary N) is 1. The SMILES string of the molecule is COCc1nc(OC)c2c(C)c(C(=O)Nc3nc(C)cs3)sc2n1. The number of methoxy groups -OCH3 is 2. The molecule has 0 bridgehead atoms. The molecule has 0 saturated heterocycles. The molecule has 0 aliphatic rings. The second-order valence-electron chi connectivity index (χ2n) is 5.07. The molecule has 0 spiro atoms. The normalized spacial score (nSPS) is 11.0. The van der Waals surface area contributed by atoms with Crippen molar-refractivity contribution < 1.29 is 14.3 Å². The molecule has 3 aromatic heterocycles. The minimum absolute atomic E-state index is 0.208. The number of aryl methyl sites for hydroxylation is 2. The van der Waals surface area contributed by atoms with Crippen LogP contribution in [0.25, 0.3) is 10.2 Å². The molecule has 0 fully saturated rings. The monoisotopic (exact) mass is 364 g/mol. The lowest BCUT2D eigenvalue weighted by Crippen LogP contribution is -2.11. The van der Waals surface area contributed by atoms with Gasteiger partial charge in [0.2, 0.25) is 5.88 Å². The molecule has 0 unspecified atom stereocenters. The van der Waals surface area contributed by atoms with E-state index < -0.39 is 0 Å². The Morgan fingerprint density at radius 1 is 1.25 bits per heavy atom. The van der Waals surface area contributed by atoms with Crippen LogP contribution in [0.15, 0.2) is 5.38 Å². The van der Waals surface area contributed by atoms with Gasteiger partial charge in [-0.3, -0.25) is 10.1 Å². The number of nitrogens with zero attached hydrogens (tertiary/aromatic N) is 3. The van der Waals surface area contributed by atoms with Crippen LogP contribution in [0.4, 0.5) is 5.13 Å². The predicted molar refractivity (Wildman–Crippen MR) is 94.2 cm³/mol. The average molecular weight is 364 g/mol. The Morgan fingerprint density at radius 2 is 2.04 bits per heavy atom. The number of rotatable bonds is 5. The van der Waals surface area contributed by atoms with Gasteiger partial charge in [-0.05, 0) is 19.4 Å². The van der Waals surface area contributed by atoms with Crippen molar-refractivity contribution in [2.24, 2.45) is 0 Å². The summed E-state index contributed by atoms with van der Waals surface area (Å²) in [5.41, 5.74) is 1.67. The fourth-order valence-electron chi connectivity index (χ4n) is 2.27. The minimum Gasteiger partial charge on any atom is -0.480 e. The number of anilines is 1. The van der Waals surface area contributed by atoms with E-state index >= 15 is 0 Å². The van der Waals surface area contributed by atoms with Crippen LogP contribution in [0.5, 0.6) is 5.88 Å². The summed E-state index contributed by atoms with van der Waals surface area (Å²) in [6, 6.07) is 0. The van der Waals surface area contributed by atoms with Crippen molar-refractivity contribution in [3.05, 3.63) is 27.3 Å². The lowest BCUT2D eigenvalue weighted by atomic mass is 10.2. The minimum atomic E-state index is -0.208. The molecule has 0 radical (unpaired) electrons. The van der Waals surface area contributed by atoms with E-state index in [1.165, 1.54) is 22.7 Å². The van der Waals surface area contributed by atoms with Crippen molar-refractivity contribution in [3.63, 3.8) is 0 Å². The number of fused-ring (bicyclic) bond motifs is 1. The number of amides is 1. The molecule has 3 aromatic rings. The third-order valence-electron chi connectivity index (χ3n) is 3.32. The number of thiazole rings is 1. The number of carbonyl (C=O) groups is 1. The van der Waals surface area contributed by atoms with Gasteiger partial charge in [0.1, 0.15) is 11.4 Å². The first kappa shape index (κ1) is 16.7. The van der Waals surface area contributed by atoms with Crippen LogP contribution in [-0.4, -0.2) is 35.1 Å². The van der Waals surface area contributed by atoms with Gasteiger partial charge in [0.15, 0.2) is 11.0 Å². The zero-order valence-corrected chi connectivity index (χ0v) is 15.3. The molecule has 0 aliphatic heterocycles. The number of thiophene rings is 1. The van der Waals surface area contributed by atoms with Crippen LogP contribution in [0.3, 0.4) is 0 Å². The Bertz CT molecular complexity index is 904. The summed E-state index contributed by atoms with van der Waals surface area (Å²) in [7, 11) is 3.13. The van der Waals surface area contributed by atoms with Gasteiger partial charge in [0.25, 0.3) is 5.91 Å². The van der Waals surface area contributed by atoms with Gasteiger partial charge >= 0.3 is 0 Å². The predicted octanol–water partition coefficient (Wildman–Crippen LogP) is 3.17. The van der Waals surface area contributed by atoms with Crippen LogP contribution in [-0.2, 0) is 11.3 Å². The molecule has 1 amide bonds. The molecule has 126 valence electrons. The lowest BCUT2D eigenvalue weighted by molar-refractivity contribution is 0.103. The van der Waals surface area contributed by atoms with Crippen LogP contribution in [0.2, 0.25) is 0 Å². The smallest absolute Gasteiger partial charge is 0.267 e. The zero-order chi connectivity index (χ0) is 17.3. The number of hydrogen-bond donors (Lipinski definition) is 1. The molecule has 24 heavy (non-hydrogen) atoms. The highest BCUT2D eigenvalue weighted by Gasteiger charge is 2.21. The van der Waals surface area contributed by atoms with Gasteiger partial charge in [-0.25, -0.2) is 9.97 Å². The lowest BCUT2D eigenvalue weighted by Gasteiger charge is -2.05. The third-order valence-corrected chi connectivity index (χ3v) is 5.38. The quantitative estimate of drug-likeness (QED) is 0.748. The van der Waals surface area contributed by atoms with E-state index in [2.05, 4.69) is 20.3 Å². The second-order valence-corrected chi connectivity index (χ2v) is 6.92. The van der Waals surface area contributed by atoms with Crippen molar-refractivity contribution in [1.82, 2.24) is 15.0 Å². The number of aromatic nitrogens is 3. The summed E-state index contributed by atoms with van der Waals surface area (Å²) < 4.78 is 10.4. The van der Waals surface area contributed by atoms with Crippen molar-refractivity contribution in [3.8, 4) is 5.88 Å². The maximum absolute atomic E-state index is 12.6. The van der Waals surface area contributed by atoms with E-state index in [4.69, 9.17) is 9.47 Å². The standard InChI is InChI=1S/C15H16N4O3S2/c1-7-6-23-15(16-7)19-12(20)11-8(2)10-13(22-4)17-9(5-21-3)18-14(10)24-11/h6H,5H2,1-4H3,(H,16,19,20). The summed E-state index contributed by atoms with van der Waals surface area (Å²) in [6.45, 7) is 4.03. The van der Waals surface area contributed by atoms with Gasteiger partial charge in [-0.15, -0.1) is 22.7 Å². The van der Waals surface area contributed by atoms with Crippen molar-refractivity contribution in [2.75, 3.05) is 19.5 Å². The summed E-state index contributed by atoms with van der Waals surface area (Å²) >= 11 is 2.70. The van der Waals surface area contributed by atoms with Crippen molar-refractivity contribution in [1.29, 1.82) is 0 Å². The Labute approximate surface area is 146 Å². The van der Waals surface area contributed by atoms with E-state index in [0.717, 1.165) is 16.6 Å². The third kappa shape index (κ3) is 3.10. The van der Waals surface area contributed by atoms with E-state index in [1.54, 1.807) is 14.2 Å². The molecule has 0 atom stereocenters. The van der Waals surface area contributed by atoms with E-state index in [0.29, 0.717) is 26.5 Å². The Kier molecular flexibility index (Phi) is 4.74. The van der Waals surface area contributed by atoms with E-state index in [1.807, 2.05) is 19.2 Å². The first-order chi connectivity index (χ1) is 11.5. The number of hydrogen-bond acceptors (Lipinski definition) is 8. The molecule has 0 saturated carbocycles. The first-order valence-corrected chi connectivity index (χ1v) is 8.79. The number of carbonyl (C=O) groups excluding carboxylic acids is 1. The molecular formula is C15H16N4O3S2. The summed E-state index contributed by atoms with van der Waals surface area (Å²) in [6.07, 6.45) is 0. The van der Waals surface area contributed by atoms with Crippen molar-refractivity contribution in [2.45, 2.75) is 20.5 Å². The highest BCUT2D eigenvalue weighted by atomic mass is 32.1. The van der Waals surface area contributed by atoms with Gasteiger partial charge < -0.3 is 9.47 Å². The van der Waals surface area contributed by atoms with Crippen LogP contribution in [0.1, 0.15) is 26.8 Å². The molecule has 7 nitrogen and oxygen atoms in total.